The van der Waals surface area contributed by atoms with E-state index in [9.17, 15) is 14.9 Å². The van der Waals surface area contributed by atoms with Crippen LogP contribution in [0.1, 0.15) is 31.9 Å². The molecule has 3 rings (SSSR count). The summed E-state index contributed by atoms with van der Waals surface area (Å²) in [6.45, 7) is 6.99. The topological polar surface area (TPSA) is 81.9 Å². The lowest BCUT2D eigenvalue weighted by molar-refractivity contribution is -0.384. The molecule has 3 aromatic carbocycles. The number of carbonyl (C=O) groups is 1. The van der Waals surface area contributed by atoms with Crippen molar-refractivity contribution in [3.63, 3.8) is 0 Å². The molecule has 0 aliphatic rings. The Morgan fingerprint density at radius 1 is 0.943 bits per heavy atom. The first kappa shape index (κ1) is 26.1. The van der Waals surface area contributed by atoms with Gasteiger partial charge in [0.05, 0.1) is 18.6 Å². The number of hydrogen-bond acceptors (Lipinski definition) is 5. The van der Waals surface area contributed by atoms with Crippen LogP contribution >= 0.6 is 0 Å². The minimum absolute atomic E-state index is 0.0348. The summed E-state index contributed by atoms with van der Waals surface area (Å²) < 4.78 is 11.8. The van der Waals surface area contributed by atoms with Crippen LogP contribution in [0, 0.1) is 10.1 Å². The molecule has 8 heteroatoms. The van der Waals surface area contributed by atoms with Crippen LogP contribution in [0.4, 0.5) is 10.5 Å². The molecular formula is C27H32N2O5Si. The van der Waals surface area contributed by atoms with Crippen LogP contribution in [0.2, 0.25) is 5.04 Å². The summed E-state index contributed by atoms with van der Waals surface area (Å²) in [6.07, 6.45) is -0.518. The largest absolute Gasteiger partial charge is 0.453 e. The number of nitro groups is 1. The summed E-state index contributed by atoms with van der Waals surface area (Å²) in [7, 11) is 0.101. The first-order valence-corrected chi connectivity index (χ1v) is 13.3. The Morgan fingerprint density at radius 3 is 1.94 bits per heavy atom. The second kappa shape index (κ2) is 10.8. The lowest BCUT2D eigenvalue weighted by Crippen LogP contribution is -2.66. The Hall–Kier alpha value is -3.49. The van der Waals surface area contributed by atoms with Crippen LogP contribution in [0.3, 0.4) is 0 Å². The zero-order valence-electron chi connectivity index (χ0n) is 20.9. The number of rotatable bonds is 8. The van der Waals surface area contributed by atoms with E-state index in [2.05, 4.69) is 45.0 Å². The molecule has 0 atom stereocenters. The zero-order chi connectivity index (χ0) is 25.6. The number of hydrogen-bond donors (Lipinski definition) is 0. The van der Waals surface area contributed by atoms with Crippen LogP contribution in [-0.4, -0.2) is 38.4 Å². The number of non-ortho nitro benzene ring substituents is 1. The zero-order valence-corrected chi connectivity index (χ0v) is 21.9. The van der Waals surface area contributed by atoms with Crippen LogP contribution in [0.15, 0.2) is 78.9 Å². The van der Waals surface area contributed by atoms with E-state index in [1.807, 2.05) is 36.4 Å². The highest BCUT2D eigenvalue weighted by atomic mass is 28.4. The van der Waals surface area contributed by atoms with Crippen molar-refractivity contribution in [2.75, 3.05) is 14.2 Å². The Morgan fingerprint density at radius 2 is 1.49 bits per heavy atom. The molecule has 35 heavy (non-hydrogen) atoms. The van der Waals surface area contributed by atoms with Crippen LogP contribution in [0.25, 0.3) is 0 Å². The number of nitro benzene ring substituents is 1. The molecule has 0 aliphatic carbocycles. The Kier molecular flexibility index (Phi) is 8.09. The molecular weight excluding hydrogens is 460 g/mol. The number of amides is 1. The lowest BCUT2D eigenvalue weighted by Gasteiger charge is -2.43. The van der Waals surface area contributed by atoms with Crippen LogP contribution in [-0.2, 0) is 22.3 Å². The normalized spacial score (nSPS) is 11.7. The maximum absolute atomic E-state index is 12.0. The molecule has 0 bridgehead atoms. The van der Waals surface area contributed by atoms with Crippen molar-refractivity contribution >= 4 is 30.5 Å². The molecule has 0 saturated heterocycles. The Balaban J connectivity index is 2.09. The summed E-state index contributed by atoms with van der Waals surface area (Å²) in [5.74, 6) is 0. The summed E-state index contributed by atoms with van der Waals surface area (Å²) in [5, 5.41) is 13.5. The number of benzene rings is 3. The summed E-state index contributed by atoms with van der Waals surface area (Å²) in [4.78, 5) is 24.4. The fraction of sp³-hybridized carbons (Fsp3) is 0.296. The number of carbonyl (C=O) groups excluding carboxylic acids is 1. The van der Waals surface area contributed by atoms with Gasteiger partial charge in [0.15, 0.2) is 0 Å². The van der Waals surface area contributed by atoms with Gasteiger partial charge in [-0.25, -0.2) is 4.79 Å². The van der Waals surface area contributed by atoms with Gasteiger partial charge >= 0.3 is 6.09 Å². The second-order valence-corrected chi connectivity index (χ2v) is 13.8. The van der Waals surface area contributed by atoms with Gasteiger partial charge in [-0.15, -0.1) is 0 Å². The quantitative estimate of drug-likeness (QED) is 0.255. The van der Waals surface area contributed by atoms with Crippen molar-refractivity contribution in [1.29, 1.82) is 0 Å². The molecule has 0 aromatic heterocycles. The van der Waals surface area contributed by atoms with E-state index >= 15 is 0 Å². The van der Waals surface area contributed by atoms with Crippen molar-refractivity contribution < 1.29 is 18.9 Å². The van der Waals surface area contributed by atoms with Gasteiger partial charge in [-0.05, 0) is 32.6 Å². The van der Waals surface area contributed by atoms with Crippen molar-refractivity contribution in [3.8, 4) is 0 Å². The first-order chi connectivity index (χ1) is 16.6. The molecule has 0 N–H and O–H groups in total. The van der Waals surface area contributed by atoms with Crippen molar-refractivity contribution in [3.05, 3.63) is 100 Å². The molecule has 0 aliphatic heterocycles. The third-order valence-electron chi connectivity index (χ3n) is 6.16. The monoisotopic (exact) mass is 492 g/mol. The van der Waals surface area contributed by atoms with Crippen LogP contribution < -0.4 is 10.4 Å². The van der Waals surface area contributed by atoms with E-state index in [1.165, 1.54) is 24.1 Å². The number of nitrogens with zero attached hydrogens (tertiary/aromatic N) is 2. The molecule has 0 unspecified atom stereocenters. The molecule has 0 fully saturated rings. The van der Waals surface area contributed by atoms with Gasteiger partial charge in [0.2, 0.25) is 0 Å². The highest BCUT2D eigenvalue weighted by Crippen LogP contribution is 2.37. The maximum atomic E-state index is 12.0. The summed E-state index contributed by atoms with van der Waals surface area (Å²) in [5.41, 5.74) is 1.40. The fourth-order valence-corrected chi connectivity index (χ4v) is 8.96. The van der Waals surface area contributed by atoms with Gasteiger partial charge in [0, 0.05) is 25.7 Å². The van der Waals surface area contributed by atoms with E-state index in [-0.39, 0.29) is 23.9 Å². The van der Waals surface area contributed by atoms with Crippen molar-refractivity contribution in [2.45, 2.75) is 39.0 Å². The summed E-state index contributed by atoms with van der Waals surface area (Å²) >= 11 is 0. The molecule has 7 nitrogen and oxygen atoms in total. The van der Waals surface area contributed by atoms with E-state index < -0.39 is 19.3 Å². The molecule has 0 heterocycles. The van der Waals surface area contributed by atoms with Gasteiger partial charge in [-0.1, -0.05) is 81.4 Å². The van der Waals surface area contributed by atoms with Crippen molar-refractivity contribution in [2.24, 2.45) is 0 Å². The molecule has 3 aromatic rings. The average molecular weight is 493 g/mol. The molecule has 1 amide bonds. The highest BCUT2D eigenvalue weighted by Gasteiger charge is 2.50. The SMILES string of the molecule is COC(=O)N(C)Cc1cc([N+](=O)[O-])ccc1CO[Si](c1ccccc1)(c1ccccc1)C(C)(C)C. The molecule has 184 valence electrons. The standard InChI is InChI=1S/C27H32N2O5Si/c1-27(2,3)35(24-12-8-6-9-13-24,25-14-10-7-11-15-25)34-20-21-16-17-23(29(31)32)18-22(21)19-28(4)26(30)33-5/h6-18H,19-20H2,1-5H3. The third-order valence-corrected chi connectivity index (χ3v) is 11.1. The van der Waals surface area contributed by atoms with Crippen LogP contribution in [0.5, 0.6) is 0 Å². The average Bonchev–Trinajstić information content (AvgIpc) is 2.84. The van der Waals surface area contributed by atoms with Gasteiger partial charge in [-0.2, -0.15) is 0 Å². The number of ether oxygens (including phenoxy) is 1. The molecule has 0 spiro atoms. The van der Waals surface area contributed by atoms with Gasteiger partial charge in [0.25, 0.3) is 14.0 Å². The minimum atomic E-state index is -2.80. The summed E-state index contributed by atoms with van der Waals surface area (Å²) in [6, 6.07) is 25.3. The smallest absolute Gasteiger partial charge is 0.409 e. The predicted molar refractivity (Wildman–Crippen MR) is 139 cm³/mol. The van der Waals surface area contributed by atoms with Crippen molar-refractivity contribution in [1.82, 2.24) is 4.90 Å². The van der Waals surface area contributed by atoms with Gasteiger partial charge in [0.1, 0.15) is 0 Å². The predicted octanol–water partition coefficient (Wildman–Crippen LogP) is 4.87. The maximum Gasteiger partial charge on any atom is 0.409 e. The third kappa shape index (κ3) is 5.60. The van der Waals surface area contributed by atoms with Gasteiger partial charge < -0.3 is 14.1 Å². The minimum Gasteiger partial charge on any atom is -0.453 e. The van der Waals surface area contributed by atoms with Gasteiger partial charge in [-0.3, -0.25) is 10.1 Å². The number of methoxy groups -OCH3 is 1. The van der Waals surface area contributed by atoms with E-state index in [1.54, 1.807) is 13.1 Å². The lowest BCUT2D eigenvalue weighted by atomic mass is 10.1. The Labute approximate surface area is 207 Å². The highest BCUT2D eigenvalue weighted by molar-refractivity contribution is 6.99. The Bertz CT molecular complexity index is 1120. The molecule has 0 radical (unpaired) electrons. The second-order valence-electron chi connectivity index (χ2n) is 9.49. The van der Waals surface area contributed by atoms with E-state index in [0.717, 1.165) is 15.9 Å². The van der Waals surface area contributed by atoms with E-state index in [0.29, 0.717) is 5.56 Å². The molecule has 0 saturated carbocycles. The fourth-order valence-electron chi connectivity index (χ4n) is 4.44. The van der Waals surface area contributed by atoms with E-state index in [4.69, 9.17) is 9.16 Å². The first-order valence-electron chi connectivity index (χ1n) is 11.4.